The van der Waals surface area contributed by atoms with Crippen LogP contribution in [0.3, 0.4) is 0 Å². The first-order chi connectivity index (χ1) is 15.1. The second-order valence-corrected chi connectivity index (χ2v) is 8.85. The van der Waals surface area contributed by atoms with Crippen LogP contribution in [-0.2, 0) is 4.74 Å². The van der Waals surface area contributed by atoms with Gasteiger partial charge in [-0.15, -0.1) is 0 Å². The minimum Gasteiger partial charge on any atom is -0.363 e. The highest BCUT2D eigenvalue weighted by atomic mass is 32.1. The van der Waals surface area contributed by atoms with Crippen LogP contribution >= 0.6 is 11.5 Å². The van der Waals surface area contributed by atoms with Gasteiger partial charge in [0.05, 0.1) is 17.0 Å². The fourth-order valence-electron chi connectivity index (χ4n) is 4.07. The summed E-state index contributed by atoms with van der Waals surface area (Å²) in [6, 6.07) is 12.4. The summed E-state index contributed by atoms with van der Waals surface area (Å²) in [4.78, 5) is 13.8. The van der Waals surface area contributed by atoms with E-state index in [0.717, 1.165) is 60.4 Å². The molecule has 0 aliphatic carbocycles. The molecule has 164 valence electrons. The maximum absolute atomic E-state index is 13.4. The maximum atomic E-state index is 13.4. The molecule has 1 aliphatic heterocycles. The van der Waals surface area contributed by atoms with E-state index in [0.29, 0.717) is 24.8 Å². The van der Waals surface area contributed by atoms with Gasteiger partial charge in [-0.2, -0.15) is 4.37 Å². The molecule has 0 atom stereocenters. The number of hydrogen-bond donors (Lipinski definition) is 1. The van der Waals surface area contributed by atoms with Crippen molar-refractivity contribution < 1.29 is 13.9 Å². The summed E-state index contributed by atoms with van der Waals surface area (Å²) >= 11 is 1.40. The molecule has 0 saturated carbocycles. The number of nitrogens with zero attached hydrogens (tertiary/aromatic N) is 2. The van der Waals surface area contributed by atoms with Crippen LogP contribution in [0.4, 0.5) is 10.1 Å². The lowest BCUT2D eigenvalue weighted by Crippen LogP contribution is -2.34. The number of carbonyl (C=O) groups is 1. The van der Waals surface area contributed by atoms with E-state index in [1.807, 2.05) is 30.3 Å². The van der Waals surface area contributed by atoms with Gasteiger partial charge in [0.15, 0.2) is 5.78 Å². The number of benzene rings is 2. The number of rotatable bonds is 9. The molecule has 7 heteroatoms. The summed E-state index contributed by atoms with van der Waals surface area (Å²) in [5, 5.41) is 4.32. The molecule has 5 nitrogen and oxygen atoms in total. The van der Waals surface area contributed by atoms with E-state index in [2.05, 4.69) is 14.6 Å². The van der Waals surface area contributed by atoms with Crippen LogP contribution in [0.15, 0.2) is 42.5 Å². The second-order valence-electron chi connectivity index (χ2n) is 8.04. The molecule has 0 radical (unpaired) electrons. The van der Waals surface area contributed by atoms with E-state index in [4.69, 9.17) is 4.74 Å². The maximum Gasteiger partial charge on any atom is 0.159 e. The number of hydrogen-bond acceptors (Lipinski definition) is 6. The molecular formula is C24H28FN3O2S. The van der Waals surface area contributed by atoms with Crippen molar-refractivity contribution in [3.63, 3.8) is 0 Å². The van der Waals surface area contributed by atoms with Gasteiger partial charge in [0.25, 0.3) is 0 Å². The zero-order valence-electron chi connectivity index (χ0n) is 17.8. The van der Waals surface area contributed by atoms with E-state index in [1.54, 1.807) is 13.0 Å². The van der Waals surface area contributed by atoms with Gasteiger partial charge < -0.3 is 15.0 Å². The molecule has 4 rings (SSSR count). The van der Waals surface area contributed by atoms with Crippen molar-refractivity contribution in [3.05, 3.63) is 59.5 Å². The molecule has 31 heavy (non-hydrogen) atoms. The number of ether oxygens (including phenoxy) is 1. The van der Waals surface area contributed by atoms with E-state index in [9.17, 15) is 9.18 Å². The van der Waals surface area contributed by atoms with Gasteiger partial charge in [0.1, 0.15) is 12.5 Å². The number of anilines is 1. The highest BCUT2D eigenvalue weighted by molar-refractivity contribution is 7.13. The van der Waals surface area contributed by atoms with E-state index in [1.165, 1.54) is 17.6 Å². The Morgan fingerprint density at radius 1 is 1.23 bits per heavy atom. The normalized spacial score (nSPS) is 15.4. The van der Waals surface area contributed by atoms with Crippen LogP contribution in [0, 0.1) is 5.82 Å². The molecule has 0 bridgehead atoms. The number of Topliss-reactive ketones (excluding diaryl/α,β-unsaturated/α-hetero) is 1. The smallest absolute Gasteiger partial charge is 0.159 e. The van der Waals surface area contributed by atoms with Crippen molar-refractivity contribution >= 4 is 33.1 Å². The fraction of sp³-hybridized carbons (Fsp3) is 0.417. The second kappa shape index (κ2) is 10.3. The molecule has 2 heterocycles. The van der Waals surface area contributed by atoms with Crippen LogP contribution in [0.25, 0.3) is 10.1 Å². The lowest BCUT2D eigenvalue weighted by Gasteiger charge is -2.31. The minimum absolute atomic E-state index is 0.0714. The lowest BCUT2D eigenvalue weighted by atomic mass is 9.91. The van der Waals surface area contributed by atoms with Crippen molar-refractivity contribution in [1.29, 1.82) is 0 Å². The Labute approximate surface area is 186 Å². The third-order valence-electron chi connectivity index (χ3n) is 5.87. The Kier molecular flexibility index (Phi) is 7.27. The summed E-state index contributed by atoms with van der Waals surface area (Å²) in [7, 11) is 0. The predicted molar refractivity (Wildman–Crippen MR) is 123 cm³/mol. The van der Waals surface area contributed by atoms with Crippen LogP contribution in [0.1, 0.15) is 48.2 Å². The zero-order valence-corrected chi connectivity index (χ0v) is 18.6. The van der Waals surface area contributed by atoms with Crippen LogP contribution in [0.2, 0.25) is 0 Å². The number of likely N-dealkylation sites (tertiary alicyclic amines) is 1. The van der Waals surface area contributed by atoms with Crippen LogP contribution < -0.4 is 5.32 Å². The molecule has 1 N–H and O–H groups in total. The van der Waals surface area contributed by atoms with Crippen molar-refractivity contribution in [2.24, 2.45) is 0 Å². The number of fused-ring (bicyclic) bond motifs is 1. The number of ketones is 1. The number of carbonyl (C=O) groups excluding carboxylic acids is 1. The van der Waals surface area contributed by atoms with Gasteiger partial charge in [-0.3, -0.25) is 4.79 Å². The van der Waals surface area contributed by atoms with E-state index >= 15 is 0 Å². The topological polar surface area (TPSA) is 54.5 Å². The molecule has 0 unspecified atom stereocenters. The number of nitrogens with one attached hydrogen (secondary N) is 1. The number of halogens is 1. The molecule has 1 saturated heterocycles. The highest BCUT2D eigenvalue weighted by Gasteiger charge is 2.24. The van der Waals surface area contributed by atoms with Gasteiger partial charge in [-0.25, -0.2) is 4.39 Å². The quantitative estimate of drug-likeness (QED) is 0.278. The SMILES string of the molecule is CC(=O)c1ccc(NCOCCCN2CCC(c3nsc4cc(F)ccc34)CC2)cc1. The van der Waals surface area contributed by atoms with Crippen LogP contribution in [-0.4, -0.2) is 48.0 Å². The Morgan fingerprint density at radius 3 is 2.74 bits per heavy atom. The summed E-state index contributed by atoms with van der Waals surface area (Å²) < 4.78 is 24.7. The molecule has 2 aromatic carbocycles. The van der Waals surface area contributed by atoms with E-state index in [-0.39, 0.29) is 11.6 Å². The minimum atomic E-state index is -0.194. The van der Waals surface area contributed by atoms with Gasteiger partial charge in [0.2, 0.25) is 0 Å². The third kappa shape index (κ3) is 5.67. The van der Waals surface area contributed by atoms with Gasteiger partial charge in [-0.1, -0.05) is 0 Å². The summed E-state index contributed by atoms with van der Waals surface area (Å²) in [5.41, 5.74) is 2.81. The molecule has 0 amide bonds. The molecule has 1 fully saturated rings. The van der Waals surface area contributed by atoms with E-state index < -0.39 is 0 Å². The molecular weight excluding hydrogens is 413 g/mol. The van der Waals surface area contributed by atoms with Gasteiger partial charge in [0, 0.05) is 29.1 Å². The van der Waals surface area contributed by atoms with Crippen molar-refractivity contribution in [2.75, 3.05) is 38.3 Å². The first-order valence-corrected chi connectivity index (χ1v) is 11.6. The summed E-state index contributed by atoms with van der Waals surface area (Å²) in [5.74, 6) is 0.341. The van der Waals surface area contributed by atoms with Gasteiger partial charge >= 0.3 is 0 Å². The lowest BCUT2D eigenvalue weighted by molar-refractivity contribution is 0.101. The zero-order chi connectivity index (χ0) is 21.6. The Bertz CT molecular complexity index is 1010. The van der Waals surface area contributed by atoms with Gasteiger partial charge in [-0.05, 0) is 93.3 Å². The highest BCUT2D eigenvalue weighted by Crippen LogP contribution is 2.34. The summed E-state index contributed by atoms with van der Waals surface area (Å²) in [6.07, 6.45) is 3.18. The monoisotopic (exact) mass is 441 g/mol. The predicted octanol–water partition coefficient (Wildman–Crippen LogP) is 5.29. The Balaban J connectivity index is 1.13. The van der Waals surface area contributed by atoms with Crippen molar-refractivity contribution in [3.8, 4) is 0 Å². The third-order valence-corrected chi connectivity index (χ3v) is 6.69. The largest absolute Gasteiger partial charge is 0.363 e. The molecule has 1 aromatic heterocycles. The van der Waals surface area contributed by atoms with Crippen molar-refractivity contribution in [2.45, 2.75) is 32.1 Å². The number of piperidine rings is 1. The Morgan fingerprint density at radius 2 is 2.00 bits per heavy atom. The Hall–Kier alpha value is -2.35. The number of aromatic nitrogens is 1. The first kappa shape index (κ1) is 21.9. The van der Waals surface area contributed by atoms with Crippen molar-refractivity contribution in [1.82, 2.24) is 9.27 Å². The fourth-order valence-corrected chi connectivity index (χ4v) is 4.96. The molecule has 1 aliphatic rings. The summed E-state index contributed by atoms with van der Waals surface area (Å²) in [6.45, 7) is 5.89. The van der Waals surface area contributed by atoms with Crippen LogP contribution in [0.5, 0.6) is 0 Å². The molecule has 0 spiro atoms. The molecule has 3 aromatic rings. The first-order valence-electron chi connectivity index (χ1n) is 10.8. The average molecular weight is 442 g/mol. The average Bonchev–Trinajstić information content (AvgIpc) is 3.20. The standard InChI is InChI=1S/C24H28FN3O2S/c1-17(29)18-3-6-21(7-4-18)26-16-30-14-2-11-28-12-9-19(10-13-28)24-22-8-5-20(25)15-23(22)31-27-24/h3-8,15,19,26H,2,9-14,16H2,1H3.